The van der Waals surface area contributed by atoms with Crippen molar-refractivity contribution in [3.8, 4) is 5.75 Å². The first-order valence-electron chi connectivity index (χ1n) is 8.79. The highest BCUT2D eigenvalue weighted by molar-refractivity contribution is 5.94. The molecule has 0 unspecified atom stereocenters. The van der Waals surface area contributed by atoms with E-state index in [0.717, 1.165) is 12.1 Å². The Morgan fingerprint density at radius 1 is 1.15 bits per heavy atom. The molecule has 4 rings (SSSR count). The van der Waals surface area contributed by atoms with Crippen LogP contribution in [-0.4, -0.2) is 40.5 Å². The highest BCUT2D eigenvalue weighted by atomic mass is 16.6. The number of ether oxygens (including phenoxy) is 1. The summed E-state index contributed by atoms with van der Waals surface area (Å²) < 4.78 is 6.65. The van der Waals surface area contributed by atoms with Gasteiger partial charge in [0.15, 0.2) is 0 Å². The van der Waals surface area contributed by atoms with Gasteiger partial charge in [0.25, 0.3) is 5.91 Å². The van der Waals surface area contributed by atoms with Gasteiger partial charge in [0, 0.05) is 42.9 Å². The fourth-order valence-electron chi connectivity index (χ4n) is 4.16. The van der Waals surface area contributed by atoms with E-state index in [1.54, 1.807) is 37.4 Å². The van der Waals surface area contributed by atoms with Crippen molar-refractivity contribution < 1.29 is 14.5 Å². The first kappa shape index (κ1) is 17.3. The highest BCUT2D eigenvalue weighted by Gasteiger charge is 2.37. The number of likely N-dealkylation sites (tertiary alicyclic amines) is 1. The second kappa shape index (κ2) is 6.53. The Kier molecular flexibility index (Phi) is 4.18. The number of benzene rings is 1. The number of pyridine rings is 1. The highest BCUT2D eigenvalue weighted by Crippen LogP contribution is 2.36. The Morgan fingerprint density at radius 3 is 2.56 bits per heavy atom. The number of hydrogen-bond donors (Lipinski definition) is 0. The van der Waals surface area contributed by atoms with Crippen molar-refractivity contribution in [1.29, 1.82) is 0 Å². The molecule has 0 spiro atoms. The number of carbonyl (C=O) groups is 1. The van der Waals surface area contributed by atoms with Crippen molar-refractivity contribution >= 4 is 11.6 Å². The summed E-state index contributed by atoms with van der Waals surface area (Å²) in [5, 5.41) is 11.0. The fourth-order valence-corrected chi connectivity index (χ4v) is 4.16. The van der Waals surface area contributed by atoms with E-state index in [9.17, 15) is 19.7 Å². The molecular formula is C19H19N3O5. The first-order chi connectivity index (χ1) is 13.0. The van der Waals surface area contributed by atoms with Crippen LogP contribution in [0.4, 0.5) is 5.69 Å². The molecule has 1 amide bonds. The fraction of sp³-hybridized carbons (Fsp3) is 0.368. The molecule has 0 radical (unpaired) electrons. The van der Waals surface area contributed by atoms with Crippen LogP contribution in [0.5, 0.6) is 5.75 Å². The molecule has 0 saturated carbocycles. The van der Waals surface area contributed by atoms with Crippen LogP contribution in [0.15, 0.2) is 41.2 Å². The summed E-state index contributed by atoms with van der Waals surface area (Å²) >= 11 is 0. The lowest BCUT2D eigenvalue weighted by atomic mass is 9.83. The zero-order valence-electron chi connectivity index (χ0n) is 14.8. The van der Waals surface area contributed by atoms with Crippen molar-refractivity contribution in [2.45, 2.75) is 18.9 Å². The summed E-state index contributed by atoms with van der Waals surface area (Å²) in [6, 6.07) is 9.93. The van der Waals surface area contributed by atoms with Crippen LogP contribution in [0.1, 0.15) is 28.4 Å². The summed E-state index contributed by atoms with van der Waals surface area (Å²) in [6.07, 6.45) is 0.879. The third-order valence-corrected chi connectivity index (χ3v) is 5.41. The van der Waals surface area contributed by atoms with Crippen molar-refractivity contribution in [2.24, 2.45) is 5.92 Å². The van der Waals surface area contributed by atoms with Crippen LogP contribution in [0.25, 0.3) is 0 Å². The smallest absolute Gasteiger partial charge is 0.334 e. The minimum absolute atomic E-state index is 0.00759. The number of rotatable bonds is 3. The molecule has 1 saturated heterocycles. The Hall–Kier alpha value is -3.16. The second-order valence-electron chi connectivity index (χ2n) is 7.05. The van der Waals surface area contributed by atoms with Gasteiger partial charge in [0.05, 0.1) is 12.0 Å². The van der Waals surface area contributed by atoms with Crippen molar-refractivity contribution in [1.82, 2.24) is 9.47 Å². The molecule has 140 valence electrons. The largest absolute Gasteiger partial charge is 0.497 e. The number of piperidine rings is 1. The lowest BCUT2D eigenvalue weighted by Crippen LogP contribution is -2.49. The average molecular weight is 369 g/mol. The summed E-state index contributed by atoms with van der Waals surface area (Å²) in [5.74, 6) is 0.758. The SMILES string of the molecule is COc1ccc(C(=O)N2C[C@@H]3C[C@H](C2)c2ccc([N+](=O)[O-])c(=O)n2C3)cc1. The molecule has 0 N–H and O–H groups in total. The van der Waals surface area contributed by atoms with Gasteiger partial charge in [-0.2, -0.15) is 0 Å². The van der Waals surface area contributed by atoms with Gasteiger partial charge in [0.2, 0.25) is 0 Å². The zero-order valence-corrected chi connectivity index (χ0v) is 14.8. The summed E-state index contributed by atoms with van der Waals surface area (Å²) in [6.45, 7) is 1.44. The van der Waals surface area contributed by atoms with Gasteiger partial charge in [-0.05, 0) is 42.7 Å². The third kappa shape index (κ3) is 2.97. The average Bonchev–Trinajstić information content (AvgIpc) is 2.68. The van der Waals surface area contributed by atoms with Gasteiger partial charge in [-0.3, -0.25) is 19.7 Å². The summed E-state index contributed by atoms with van der Waals surface area (Å²) in [4.78, 5) is 37.5. The molecule has 1 fully saturated rings. The van der Waals surface area contributed by atoms with E-state index in [1.807, 2.05) is 4.90 Å². The predicted molar refractivity (Wildman–Crippen MR) is 97.1 cm³/mol. The van der Waals surface area contributed by atoms with Crippen LogP contribution in [0.3, 0.4) is 0 Å². The van der Waals surface area contributed by atoms with Gasteiger partial charge >= 0.3 is 11.2 Å². The van der Waals surface area contributed by atoms with E-state index < -0.39 is 16.2 Å². The topological polar surface area (TPSA) is 94.7 Å². The Labute approximate surface area is 155 Å². The number of carbonyl (C=O) groups excluding carboxylic acids is 1. The minimum Gasteiger partial charge on any atom is -0.497 e. The maximum absolute atomic E-state index is 12.9. The molecule has 8 heteroatoms. The normalized spacial score (nSPS) is 20.7. The lowest BCUT2D eigenvalue weighted by Gasteiger charge is -2.42. The van der Waals surface area contributed by atoms with Gasteiger partial charge in [-0.25, -0.2) is 0 Å². The molecule has 0 aliphatic carbocycles. The maximum atomic E-state index is 12.9. The number of fused-ring (bicyclic) bond motifs is 4. The van der Waals surface area contributed by atoms with Crippen molar-refractivity contribution in [3.63, 3.8) is 0 Å². The van der Waals surface area contributed by atoms with E-state index in [1.165, 1.54) is 10.6 Å². The number of amides is 1. The van der Waals surface area contributed by atoms with Gasteiger partial charge in [-0.1, -0.05) is 0 Å². The Morgan fingerprint density at radius 2 is 1.89 bits per heavy atom. The minimum atomic E-state index is -0.639. The molecule has 2 aromatic rings. The van der Waals surface area contributed by atoms with Crippen LogP contribution in [0.2, 0.25) is 0 Å². The van der Waals surface area contributed by atoms with E-state index in [0.29, 0.717) is 30.9 Å². The number of nitrogens with zero attached hydrogens (tertiary/aromatic N) is 3. The molecule has 1 aromatic carbocycles. The molecule has 1 aromatic heterocycles. The molecule has 2 bridgehead atoms. The standard InChI is InChI=1S/C19H19N3O5/c1-27-15-4-2-13(3-5-15)18(23)20-9-12-8-14(11-20)16-6-7-17(22(25)26)19(24)21(16)10-12/h2-7,12,14H,8-11H2,1H3/t12-,14+/m0/s1. The first-order valence-corrected chi connectivity index (χ1v) is 8.79. The molecule has 2 atom stereocenters. The van der Waals surface area contributed by atoms with Gasteiger partial charge in [-0.15, -0.1) is 0 Å². The number of aromatic nitrogens is 1. The number of hydrogen-bond acceptors (Lipinski definition) is 5. The molecule has 2 aliphatic rings. The van der Waals surface area contributed by atoms with E-state index in [4.69, 9.17) is 4.74 Å². The summed E-state index contributed by atoms with van der Waals surface area (Å²) in [5.41, 5.74) is 0.415. The van der Waals surface area contributed by atoms with Crippen molar-refractivity contribution in [3.05, 3.63) is 68.1 Å². The Balaban J connectivity index is 1.61. The third-order valence-electron chi connectivity index (χ3n) is 5.41. The molecule has 8 nitrogen and oxygen atoms in total. The number of nitro groups is 1. The zero-order chi connectivity index (χ0) is 19.1. The van der Waals surface area contributed by atoms with Crippen LogP contribution >= 0.6 is 0 Å². The Bertz CT molecular complexity index is 966. The van der Waals surface area contributed by atoms with Gasteiger partial charge < -0.3 is 14.2 Å². The maximum Gasteiger partial charge on any atom is 0.334 e. The quantitative estimate of drug-likeness (QED) is 0.609. The molecule has 27 heavy (non-hydrogen) atoms. The number of methoxy groups -OCH3 is 1. The van der Waals surface area contributed by atoms with Crippen LogP contribution < -0.4 is 10.3 Å². The monoisotopic (exact) mass is 369 g/mol. The molecular weight excluding hydrogens is 350 g/mol. The second-order valence-corrected chi connectivity index (χ2v) is 7.05. The lowest BCUT2D eigenvalue weighted by molar-refractivity contribution is -0.386. The van der Waals surface area contributed by atoms with E-state index in [2.05, 4.69) is 0 Å². The van der Waals surface area contributed by atoms with E-state index in [-0.39, 0.29) is 17.7 Å². The summed E-state index contributed by atoms with van der Waals surface area (Å²) in [7, 11) is 1.58. The van der Waals surface area contributed by atoms with E-state index >= 15 is 0 Å². The molecule has 3 heterocycles. The predicted octanol–water partition coefficient (Wildman–Crippen LogP) is 2.02. The van der Waals surface area contributed by atoms with Crippen LogP contribution in [-0.2, 0) is 6.54 Å². The van der Waals surface area contributed by atoms with Crippen LogP contribution in [0, 0.1) is 16.0 Å². The van der Waals surface area contributed by atoms with Gasteiger partial charge in [0.1, 0.15) is 5.75 Å². The molecule has 2 aliphatic heterocycles. The van der Waals surface area contributed by atoms with Crippen molar-refractivity contribution in [2.75, 3.05) is 20.2 Å².